The normalized spacial score (nSPS) is 11.4. The highest BCUT2D eigenvalue weighted by molar-refractivity contribution is 7.17. The van der Waals surface area contributed by atoms with E-state index >= 15 is 0 Å². The highest BCUT2D eigenvalue weighted by Gasteiger charge is 2.30. The van der Waals surface area contributed by atoms with Gasteiger partial charge in [-0.05, 0) is 24.6 Å². The van der Waals surface area contributed by atoms with E-state index in [4.69, 9.17) is 5.11 Å². The number of carboxylic acid groups (broad SMARTS) is 1. The van der Waals surface area contributed by atoms with E-state index in [1.165, 1.54) is 6.07 Å². The van der Waals surface area contributed by atoms with Crippen molar-refractivity contribution in [2.24, 2.45) is 0 Å². The zero-order valence-corrected chi connectivity index (χ0v) is 11.0. The lowest BCUT2D eigenvalue weighted by Crippen LogP contribution is -2.06. The van der Waals surface area contributed by atoms with Gasteiger partial charge in [-0.1, -0.05) is 17.4 Å². The molecule has 0 radical (unpaired) electrons. The first-order valence-corrected chi connectivity index (χ1v) is 6.23. The first kappa shape index (κ1) is 14.3. The van der Waals surface area contributed by atoms with Gasteiger partial charge >= 0.3 is 12.1 Å². The van der Waals surface area contributed by atoms with Crippen LogP contribution < -0.4 is 5.32 Å². The maximum atomic E-state index is 12.6. The largest absolute Gasteiger partial charge is 0.477 e. The Bertz CT molecular complexity index is 652. The van der Waals surface area contributed by atoms with Crippen molar-refractivity contribution < 1.29 is 23.1 Å². The van der Waals surface area contributed by atoms with Gasteiger partial charge in [0.15, 0.2) is 5.13 Å². The molecular formula is C12H9F3N2O2S. The van der Waals surface area contributed by atoms with Gasteiger partial charge < -0.3 is 10.4 Å². The zero-order valence-electron chi connectivity index (χ0n) is 10.2. The molecular weight excluding hydrogens is 293 g/mol. The van der Waals surface area contributed by atoms with Crippen molar-refractivity contribution in [2.75, 3.05) is 5.32 Å². The number of thiazole rings is 1. The topological polar surface area (TPSA) is 62.2 Å². The smallest absolute Gasteiger partial charge is 0.416 e. The summed E-state index contributed by atoms with van der Waals surface area (Å²) in [5, 5.41) is 11.7. The number of benzene rings is 1. The number of hydrogen-bond acceptors (Lipinski definition) is 4. The molecule has 0 amide bonds. The Morgan fingerprint density at radius 3 is 2.65 bits per heavy atom. The Labute approximate surface area is 115 Å². The maximum absolute atomic E-state index is 12.6. The van der Waals surface area contributed by atoms with E-state index in [-0.39, 0.29) is 15.7 Å². The Balaban J connectivity index is 2.30. The molecule has 0 bridgehead atoms. The van der Waals surface area contributed by atoms with Crippen molar-refractivity contribution in [3.63, 3.8) is 0 Å². The zero-order chi connectivity index (χ0) is 14.9. The minimum absolute atomic E-state index is 0.0112. The van der Waals surface area contributed by atoms with Gasteiger partial charge in [0.1, 0.15) is 4.88 Å². The molecule has 0 aliphatic carbocycles. The SMILES string of the molecule is Cc1ccc(C(F)(F)F)cc1Nc1ncc(C(=O)O)s1. The molecule has 20 heavy (non-hydrogen) atoms. The highest BCUT2D eigenvalue weighted by atomic mass is 32.1. The Morgan fingerprint density at radius 1 is 1.40 bits per heavy atom. The molecule has 2 aromatic rings. The number of nitrogens with zero attached hydrogens (tertiary/aromatic N) is 1. The number of aryl methyl sites for hydroxylation is 1. The van der Waals surface area contributed by atoms with E-state index < -0.39 is 17.7 Å². The minimum atomic E-state index is -4.43. The number of rotatable bonds is 3. The van der Waals surface area contributed by atoms with Gasteiger partial charge in [0.05, 0.1) is 11.8 Å². The van der Waals surface area contributed by atoms with Crippen LogP contribution in [0.2, 0.25) is 0 Å². The van der Waals surface area contributed by atoms with Gasteiger partial charge in [0.2, 0.25) is 0 Å². The van der Waals surface area contributed by atoms with Crippen LogP contribution in [0.25, 0.3) is 0 Å². The first-order chi connectivity index (χ1) is 9.27. The standard InChI is InChI=1S/C12H9F3N2O2S/c1-6-2-3-7(12(13,14)15)4-8(6)17-11-16-5-9(20-11)10(18)19/h2-5H,1H3,(H,16,17)(H,18,19). The number of carboxylic acids is 1. The number of anilines is 2. The molecule has 2 rings (SSSR count). The number of aromatic carboxylic acids is 1. The summed E-state index contributed by atoms with van der Waals surface area (Å²) in [5.41, 5.74) is 0.0665. The summed E-state index contributed by atoms with van der Waals surface area (Å²) < 4.78 is 37.9. The van der Waals surface area contributed by atoms with Crippen LogP contribution in [0.15, 0.2) is 24.4 Å². The molecule has 0 saturated heterocycles. The number of hydrogen-bond donors (Lipinski definition) is 2. The van der Waals surface area contributed by atoms with E-state index in [1.807, 2.05) is 0 Å². The maximum Gasteiger partial charge on any atom is 0.416 e. The average Bonchev–Trinajstić information content (AvgIpc) is 2.79. The summed E-state index contributed by atoms with van der Waals surface area (Å²) in [4.78, 5) is 14.5. The van der Waals surface area contributed by atoms with Crippen molar-refractivity contribution >= 4 is 28.1 Å². The van der Waals surface area contributed by atoms with Crippen LogP contribution >= 0.6 is 11.3 Å². The number of aromatic nitrogens is 1. The van der Waals surface area contributed by atoms with Gasteiger partial charge in [-0.15, -0.1) is 0 Å². The van der Waals surface area contributed by atoms with Crippen LogP contribution in [-0.4, -0.2) is 16.1 Å². The summed E-state index contributed by atoms with van der Waals surface area (Å²) in [7, 11) is 0. The van der Waals surface area contributed by atoms with Crippen LogP contribution in [0, 0.1) is 6.92 Å². The molecule has 1 heterocycles. The third kappa shape index (κ3) is 3.08. The van der Waals surface area contributed by atoms with Gasteiger partial charge in [0.25, 0.3) is 0 Å². The van der Waals surface area contributed by atoms with Gasteiger partial charge in [0, 0.05) is 5.69 Å². The molecule has 0 atom stereocenters. The van der Waals surface area contributed by atoms with Crippen molar-refractivity contribution in [2.45, 2.75) is 13.1 Å². The molecule has 2 N–H and O–H groups in total. The van der Waals surface area contributed by atoms with Crippen LogP contribution in [0.1, 0.15) is 20.8 Å². The van der Waals surface area contributed by atoms with Crippen molar-refractivity contribution in [3.8, 4) is 0 Å². The Kier molecular flexibility index (Phi) is 3.67. The second-order valence-electron chi connectivity index (χ2n) is 3.99. The number of halogens is 3. The average molecular weight is 302 g/mol. The summed E-state index contributed by atoms with van der Waals surface area (Å²) in [6.45, 7) is 1.65. The van der Waals surface area contributed by atoms with E-state index in [0.717, 1.165) is 29.7 Å². The van der Waals surface area contributed by atoms with E-state index in [9.17, 15) is 18.0 Å². The molecule has 1 aromatic carbocycles. The number of nitrogens with one attached hydrogen (secondary N) is 1. The molecule has 0 spiro atoms. The van der Waals surface area contributed by atoms with Crippen LogP contribution in [0.3, 0.4) is 0 Å². The molecule has 0 aliphatic rings. The van der Waals surface area contributed by atoms with Crippen molar-refractivity contribution in [3.05, 3.63) is 40.4 Å². The van der Waals surface area contributed by atoms with Crippen LogP contribution in [0.4, 0.5) is 24.0 Å². The third-order valence-corrected chi connectivity index (χ3v) is 3.42. The second kappa shape index (κ2) is 5.12. The summed E-state index contributed by atoms with van der Waals surface area (Å²) in [5.74, 6) is -1.13. The fourth-order valence-electron chi connectivity index (χ4n) is 1.48. The van der Waals surface area contributed by atoms with Gasteiger partial charge in [-0.25, -0.2) is 9.78 Å². The molecule has 8 heteroatoms. The molecule has 0 aliphatic heterocycles. The summed E-state index contributed by atoms with van der Waals surface area (Å²) in [6.07, 6.45) is -3.28. The number of carbonyl (C=O) groups is 1. The van der Waals surface area contributed by atoms with Gasteiger partial charge in [-0.2, -0.15) is 13.2 Å². The Hall–Kier alpha value is -2.09. The molecule has 0 saturated carbocycles. The van der Waals surface area contributed by atoms with E-state index in [0.29, 0.717) is 5.56 Å². The van der Waals surface area contributed by atoms with Crippen molar-refractivity contribution in [1.82, 2.24) is 4.98 Å². The molecule has 4 nitrogen and oxygen atoms in total. The third-order valence-electron chi connectivity index (χ3n) is 2.52. The quantitative estimate of drug-likeness (QED) is 0.902. The predicted molar refractivity (Wildman–Crippen MR) is 68.5 cm³/mol. The molecule has 0 fully saturated rings. The Morgan fingerprint density at radius 2 is 2.10 bits per heavy atom. The first-order valence-electron chi connectivity index (χ1n) is 5.41. The van der Waals surface area contributed by atoms with Gasteiger partial charge in [-0.3, -0.25) is 0 Å². The minimum Gasteiger partial charge on any atom is -0.477 e. The lowest BCUT2D eigenvalue weighted by Gasteiger charge is -2.11. The lowest BCUT2D eigenvalue weighted by molar-refractivity contribution is -0.137. The summed E-state index contributed by atoms with van der Waals surface area (Å²) >= 11 is 0.855. The fourth-order valence-corrected chi connectivity index (χ4v) is 2.15. The van der Waals surface area contributed by atoms with Crippen LogP contribution in [-0.2, 0) is 6.18 Å². The molecule has 1 aromatic heterocycles. The fraction of sp³-hybridized carbons (Fsp3) is 0.167. The summed E-state index contributed by atoms with van der Waals surface area (Å²) in [6, 6.07) is 3.30. The predicted octanol–water partition coefficient (Wildman–Crippen LogP) is 3.91. The molecule has 106 valence electrons. The number of alkyl halides is 3. The highest BCUT2D eigenvalue weighted by Crippen LogP contribution is 2.33. The van der Waals surface area contributed by atoms with E-state index in [2.05, 4.69) is 10.3 Å². The second-order valence-corrected chi connectivity index (χ2v) is 5.02. The van der Waals surface area contributed by atoms with Crippen molar-refractivity contribution in [1.29, 1.82) is 0 Å². The monoisotopic (exact) mass is 302 g/mol. The molecule has 0 unspecified atom stereocenters. The lowest BCUT2D eigenvalue weighted by atomic mass is 10.1. The van der Waals surface area contributed by atoms with Crippen LogP contribution in [0.5, 0.6) is 0 Å². The van der Waals surface area contributed by atoms with E-state index in [1.54, 1.807) is 6.92 Å².